The molecule has 0 aliphatic carbocycles. The van der Waals surface area contributed by atoms with Gasteiger partial charge in [0.25, 0.3) is 0 Å². The Labute approximate surface area is 343 Å². The molecule has 0 bridgehead atoms. The second-order valence-corrected chi connectivity index (χ2v) is 13.6. The second kappa shape index (κ2) is 21.0. The molecule has 294 valence electrons. The number of ether oxygens (including phenoxy) is 2. The molecule has 0 spiro atoms. The second-order valence-electron chi connectivity index (χ2n) is 13.6. The van der Waals surface area contributed by atoms with Gasteiger partial charge in [-0.25, -0.2) is 9.59 Å². The van der Waals surface area contributed by atoms with Crippen LogP contribution in [0.4, 0.5) is 5.82 Å². The van der Waals surface area contributed by atoms with E-state index in [0.717, 1.165) is 0 Å². The molecule has 2 heterocycles. The fraction of sp³-hybridized carbons (Fsp3) is 0.432. The van der Waals surface area contributed by atoms with Crippen LogP contribution in [-0.4, -0.2) is 59.5 Å². The zero-order chi connectivity index (χ0) is 40.2. The van der Waals surface area contributed by atoms with Gasteiger partial charge in [0.2, 0.25) is 5.91 Å². The van der Waals surface area contributed by atoms with E-state index in [9.17, 15) is 24.3 Å². The fourth-order valence-corrected chi connectivity index (χ4v) is 7.24. The van der Waals surface area contributed by atoms with E-state index in [-0.39, 0.29) is 73.7 Å². The quantitative estimate of drug-likeness (QED) is 0.0852. The Morgan fingerprint density at radius 1 is 0.786 bits per heavy atom. The number of amidine groups is 1. The molecule has 0 atom stereocenters. The third-order valence-corrected chi connectivity index (χ3v) is 10.9. The van der Waals surface area contributed by atoms with Gasteiger partial charge in [0.05, 0.1) is 18.8 Å². The number of amides is 2. The average molecular weight is 817 g/mol. The molecule has 1 aliphatic rings. The number of rotatable bonds is 18. The van der Waals surface area contributed by atoms with Crippen LogP contribution in [0.5, 0.6) is 0 Å². The minimum atomic E-state index is -0.864. The van der Waals surface area contributed by atoms with Crippen molar-refractivity contribution in [3.63, 3.8) is 0 Å². The third kappa shape index (κ3) is 9.64. The monoisotopic (exact) mass is 815 g/mol. The molecule has 0 saturated carbocycles. The summed E-state index contributed by atoms with van der Waals surface area (Å²) >= 11 is 0. The summed E-state index contributed by atoms with van der Waals surface area (Å²) in [7, 11) is 0. The van der Waals surface area contributed by atoms with Crippen molar-refractivity contribution in [2.24, 2.45) is 15.8 Å². The first-order chi connectivity index (χ1) is 26.5. The molecule has 0 fully saturated rings. The molecular weight excluding hydrogens is 762 g/mol. The fourth-order valence-electron chi connectivity index (χ4n) is 7.24. The number of anilines is 1. The number of hydrogen-bond acceptors (Lipinski definition) is 7. The number of benzene rings is 2. The van der Waals surface area contributed by atoms with Gasteiger partial charge in [0, 0.05) is 28.7 Å². The molecule has 0 radical (unpaired) electrons. The van der Waals surface area contributed by atoms with Crippen molar-refractivity contribution in [2.45, 2.75) is 93.4 Å². The maximum absolute atomic E-state index is 14.1. The number of esters is 2. The molecule has 0 saturated heterocycles. The van der Waals surface area contributed by atoms with Gasteiger partial charge in [0.1, 0.15) is 11.4 Å². The number of nitrogens with zero attached hydrogens (tertiary/aromatic N) is 2. The maximum Gasteiger partial charge on any atom is 2.00 e. The van der Waals surface area contributed by atoms with Crippen LogP contribution in [0.15, 0.2) is 76.9 Å². The summed E-state index contributed by atoms with van der Waals surface area (Å²) in [6.07, 6.45) is 5.30. The Bertz CT molecular complexity index is 1920. The number of aliphatic imine (C=N–C) groups is 1. The van der Waals surface area contributed by atoms with Gasteiger partial charge in [-0.1, -0.05) is 95.3 Å². The standard InChI is InChI=1S/C44H56N4O7.Zn/c1-8-43(9-2,10-3)41(52)47-37-35(39(50)54-13-6)33(29-22-17-15-18-23-29)31(45-37)28-32-34(30-24-19-16-20-25-30)36(40(51)55-14-7)38(46-32)48-42(53)44(11-4,12-5)26-21-27-49;/h15-20,22-25,28,49H,8-14,21,26-27H2,1-7H3,(H3,45,46,47,48,50,51,52,53);/q;+2/p-1. The number of aliphatic hydroxyl groups excluding tert-OH is 1. The molecule has 11 nitrogen and oxygen atoms in total. The summed E-state index contributed by atoms with van der Waals surface area (Å²) < 4.78 is 11.1. The smallest absolute Gasteiger partial charge is 0.462 e. The molecule has 1 aromatic heterocycles. The van der Waals surface area contributed by atoms with E-state index in [0.29, 0.717) is 72.9 Å². The topological polar surface area (TPSA) is 161 Å². The Hall–Kier alpha value is -4.67. The normalized spacial score (nSPS) is 14.4. The predicted octanol–water partition coefficient (Wildman–Crippen LogP) is 9.26. The Balaban J connectivity index is 0.00000841. The van der Waals surface area contributed by atoms with Gasteiger partial charge in [0.15, 0.2) is 5.91 Å². The van der Waals surface area contributed by atoms with E-state index in [1.165, 1.54) is 0 Å². The first-order valence-electron chi connectivity index (χ1n) is 19.5. The first-order valence-corrected chi connectivity index (χ1v) is 19.5. The van der Waals surface area contributed by atoms with Crippen LogP contribution in [0.1, 0.15) is 115 Å². The molecule has 3 aromatic rings. The van der Waals surface area contributed by atoms with Gasteiger partial charge in [-0.3, -0.25) is 9.59 Å². The predicted molar refractivity (Wildman–Crippen MR) is 217 cm³/mol. The van der Waals surface area contributed by atoms with Gasteiger partial charge >= 0.3 is 31.4 Å². The van der Waals surface area contributed by atoms with E-state index < -0.39 is 28.7 Å². The number of aromatic amines is 1. The van der Waals surface area contributed by atoms with E-state index in [4.69, 9.17) is 14.8 Å². The Morgan fingerprint density at radius 2 is 1.32 bits per heavy atom. The van der Waals surface area contributed by atoms with E-state index in [1.54, 1.807) is 19.9 Å². The number of hydrogen-bond donors (Lipinski definition) is 3. The molecule has 56 heavy (non-hydrogen) atoms. The summed E-state index contributed by atoms with van der Waals surface area (Å²) in [6.45, 7) is 13.3. The van der Waals surface area contributed by atoms with Crippen LogP contribution in [0.2, 0.25) is 0 Å². The minimum Gasteiger partial charge on any atom is -0.462 e. The van der Waals surface area contributed by atoms with Crippen molar-refractivity contribution in [1.82, 2.24) is 4.98 Å². The number of allylic oxidation sites excluding steroid dienone is 1. The van der Waals surface area contributed by atoms with E-state index in [2.05, 4.69) is 15.3 Å². The SMILES string of the molecule is CCOC(=O)C1=C(c2ccccc2)/C(=C/c2[nH]c(NC(=O)C(CC)(CC)CC)c(C(=O)OCC)c2-c2ccccc2)[N-]C1=NC(=O)C(CC)(CC)CCCO.[Zn+2]. The van der Waals surface area contributed by atoms with E-state index >= 15 is 0 Å². The van der Waals surface area contributed by atoms with Gasteiger partial charge < -0.3 is 35.2 Å². The zero-order valence-corrected chi connectivity index (χ0v) is 36.9. The van der Waals surface area contributed by atoms with Crippen LogP contribution in [0.25, 0.3) is 28.1 Å². The van der Waals surface area contributed by atoms with Crippen molar-refractivity contribution < 1.29 is 53.2 Å². The largest absolute Gasteiger partial charge is 2.00 e. The Morgan fingerprint density at radius 3 is 1.84 bits per heavy atom. The average Bonchev–Trinajstić information content (AvgIpc) is 3.74. The number of nitrogens with one attached hydrogen (secondary N) is 2. The van der Waals surface area contributed by atoms with Crippen LogP contribution >= 0.6 is 0 Å². The molecular formula is C44H55N4O7Zn+. The van der Waals surface area contributed by atoms with Crippen LogP contribution in [-0.2, 0) is 43.3 Å². The number of aliphatic hydroxyl groups is 1. The number of carbonyl (C=O) groups excluding carboxylic acids is 4. The summed E-state index contributed by atoms with van der Waals surface area (Å²) in [4.78, 5) is 63.7. The molecule has 2 aromatic carbocycles. The molecule has 2 amide bonds. The van der Waals surface area contributed by atoms with Crippen molar-refractivity contribution in [1.29, 1.82) is 0 Å². The molecule has 1 aliphatic heterocycles. The van der Waals surface area contributed by atoms with Crippen molar-refractivity contribution in [3.8, 4) is 11.1 Å². The van der Waals surface area contributed by atoms with Crippen LogP contribution in [0.3, 0.4) is 0 Å². The van der Waals surface area contributed by atoms with Crippen molar-refractivity contribution in [3.05, 3.63) is 94.1 Å². The first kappa shape index (κ1) is 45.7. The number of carbonyl (C=O) groups is 4. The summed E-state index contributed by atoms with van der Waals surface area (Å²) in [6, 6.07) is 18.4. The van der Waals surface area contributed by atoms with Crippen LogP contribution in [0, 0.1) is 10.8 Å². The summed E-state index contributed by atoms with van der Waals surface area (Å²) in [5.41, 5.74) is 1.47. The van der Waals surface area contributed by atoms with Crippen molar-refractivity contribution in [2.75, 3.05) is 25.1 Å². The maximum atomic E-state index is 14.1. The van der Waals surface area contributed by atoms with Gasteiger partial charge in [-0.05, 0) is 93.1 Å². The van der Waals surface area contributed by atoms with Crippen molar-refractivity contribution >= 4 is 47.1 Å². The third-order valence-electron chi connectivity index (χ3n) is 10.9. The molecule has 4 rings (SSSR count). The zero-order valence-electron chi connectivity index (χ0n) is 33.9. The van der Waals surface area contributed by atoms with Crippen LogP contribution < -0.4 is 5.32 Å². The molecule has 0 unspecified atom stereocenters. The summed E-state index contributed by atoms with van der Waals surface area (Å²) in [5, 5.41) is 17.5. The van der Waals surface area contributed by atoms with Gasteiger partial charge in [-0.15, -0.1) is 0 Å². The van der Waals surface area contributed by atoms with E-state index in [1.807, 2.05) is 95.3 Å². The molecule has 12 heteroatoms. The Kier molecular flexibility index (Phi) is 17.2. The number of H-pyrrole nitrogens is 1. The number of aromatic nitrogens is 1. The van der Waals surface area contributed by atoms with Gasteiger partial charge in [-0.2, -0.15) is 0 Å². The summed E-state index contributed by atoms with van der Waals surface area (Å²) in [5.74, 6) is -1.91. The minimum absolute atomic E-state index is 0. The molecule has 3 N–H and O–H groups in total.